The fourth-order valence-electron chi connectivity index (χ4n) is 7.75. The molecule has 10 nitrogen and oxygen atoms in total. The number of benzene rings is 1. The molecule has 1 aromatic rings. The Kier molecular flexibility index (Phi) is 11.2. The predicted molar refractivity (Wildman–Crippen MR) is 171 cm³/mol. The van der Waals surface area contributed by atoms with Gasteiger partial charge in [-0.15, -0.1) is 0 Å². The molecular formula is C33H46F2N4O6S. The van der Waals surface area contributed by atoms with Crippen molar-refractivity contribution in [3.8, 4) is 0 Å². The van der Waals surface area contributed by atoms with Crippen molar-refractivity contribution >= 4 is 27.7 Å². The van der Waals surface area contributed by atoms with Crippen molar-refractivity contribution in [2.75, 3.05) is 31.3 Å². The second-order valence-electron chi connectivity index (χ2n) is 13.1. The molecule has 0 aromatic heterocycles. The van der Waals surface area contributed by atoms with Crippen LogP contribution in [0.25, 0.3) is 0 Å². The van der Waals surface area contributed by atoms with E-state index in [1.807, 2.05) is 13.8 Å². The number of nitrogens with one attached hydrogen (secondary N) is 3. The molecule has 4 unspecified atom stereocenters. The lowest BCUT2D eigenvalue weighted by Gasteiger charge is -2.42. The second kappa shape index (κ2) is 14.9. The van der Waals surface area contributed by atoms with E-state index in [2.05, 4.69) is 16.0 Å². The quantitative estimate of drug-likeness (QED) is 0.357. The van der Waals surface area contributed by atoms with E-state index in [4.69, 9.17) is 9.47 Å². The molecule has 0 radical (unpaired) electrons. The highest BCUT2D eigenvalue weighted by Gasteiger charge is 2.43. The van der Waals surface area contributed by atoms with Crippen molar-refractivity contribution in [3.63, 3.8) is 0 Å². The average Bonchev–Trinajstić information content (AvgIpc) is 3.12. The summed E-state index contributed by atoms with van der Waals surface area (Å²) in [4.78, 5) is 26.9. The van der Waals surface area contributed by atoms with Gasteiger partial charge in [0.2, 0.25) is 15.9 Å². The maximum absolute atomic E-state index is 15.4. The lowest BCUT2D eigenvalue weighted by Crippen LogP contribution is -2.57. The van der Waals surface area contributed by atoms with Gasteiger partial charge in [0.25, 0.3) is 0 Å². The minimum absolute atomic E-state index is 0.0546. The summed E-state index contributed by atoms with van der Waals surface area (Å²) in [6, 6.07) is 3.10. The van der Waals surface area contributed by atoms with Crippen molar-refractivity contribution in [1.82, 2.24) is 14.9 Å². The number of nitrogens with zero attached hydrogens (tertiary/aromatic N) is 1. The topological polar surface area (TPSA) is 126 Å². The van der Waals surface area contributed by atoms with E-state index in [0.29, 0.717) is 45.2 Å². The zero-order valence-electron chi connectivity index (χ0n) is 26.7. The molecule has 254 valence electrons. The number of halogens is 2. The number of piperazine rings is 1. The van der Waals surface area contributed by atoms with Gasteiger partial charge in [-0.3, -0.25) is 4.79 Å². The van der Waals surface area contributed by atoms with E-state index >= 15 is 4.39 Å². The Morgan fingerprint density at radius 3 is 2.65 bits per heavy atom. The number of sulfonamides is 1. The van der Waals surface area contributed by atoms with Crippen LogP contribution in [0.4, 0.5) is 19.3 Å². The molecule has 3 fully saturated rings. The van der Waals surface area contributed by atoms with E-state index in [1.54, 1.807) is 16.4 Å². The van der Waals surface area contributed by atoms with Gasteiger partial charge in [0.15, 0.2) is 0 Å². The Morgan fingerprint density at radius 2 is 1.96 bits per heavy atom. The standard InChI is InChI=1S/C33H46F2N4O6S/c1-20-16-23(17-21(2)45-20)30(22-9-11-24(34)12-10-22)31(38-33(41)44-3)32(40)37-29-8-4-7-28(35)27(29)14-13-26-18-36-25-6-5-15-46(42,43)39(26)19-25/h4,7-9,11-12,20-23,25-26,30-31,36H,5-6,10,13-19H2,1-3H3,(H,37,40)(H,38,41)/t20-,21+,22?,23?,25-,26+,30?,31+/m1/s1. The molecule has 4 aliphatic rings. The van der Waals surface area contributed by atoms with Crippen LogP contribution in [0.3, 0.4) is 0 Å². The summed E-state index contributed by atoms with van der Waals surface area (Å²) in [5, 5.41) is 9.06. The number of hydrogen-bond acceptors (Lipinski definition) is 7. The normalized spacial score (nSPS) is 31.9. The Labute approximate surface area is 270 Å². The summed E-state index contributed by atoms with van der Waals surface area (Å²) in [5.41, 5.74) is 0.508. The van der Waals surface area contributed by atoms with Gasteiger partial charge in [-0.1, -0.05) is 12.1 Å². The molecule has 0 spiro atoms. The number of carbonyl (C=O) groups excluding carboxylic acids is 2. The molecule has 5 rings (SSSR count). The molecule has 1 aliphatic carbocycles. The fourth-order valence-corrected chi connectivity index (χ4v) is 9.56. The molecule has 46 heavy (non-hydrogen) atoms. The molecule has 3 saturated heterocycles. The van der Waals surface area contributed by atoms with Crippen molar-refractivity contribution in [2.45, 2.75) is 89.1 Å². The monoisotopic (exact) mass is 664 g/mol. The Bertz CT molecular complexity index is 1430. The first-order chi connectivity index (χ1) is 21.9. The molecule has 1 aromatic carbocycles. The van der Waals surface area contributed by atoms with Crippen LogP contribution in [0.15, 0.2) is 42.3 Å². The van der Waals surface area contributed by atoms with Crippen LogP contribution in [0.1, 0.15) is 57.9 Å². The van der Waals surface area contributed by atoms with Gasteiger partial charge in [0.05, 0.1) is 25.1 Å². The first kappa shape index (κ1) is 34.5. The summed E-state index contributed by atoms with van der Waals surface area (Å²) in [6.45, 7) is 4.81. The van der Waals surface area contributed by atoms with Gasteiger partial charge in [-0.05, 0) is 101 Å². The molecule has 3 heterocycles. The summed E-state index contributed by atoms with van der Waals surface area (Å²) >= 11 is 0. The Balaban J connectivity index is 1.40. The van der Waals surface area contributed by atoms with E-state index in [1.165, 1.54) is 31.4 Å². The summed E-state index contributed by atoms with van der Waals surface area (Å²) in [6.07, 6.45) is 7.23. The number of methoxy groups -OCH3 is 1. The van der Waals surface area contributed by atoms with Gasteiger partial charge in [-0.25, -0.2) is 22.0 Å². The number of rotatable bonds is 9. The molecule has 2 amide bonds. The molecule has 3 N–H and O–H groups in total. The number of amides is 2. The highest BCUT2D eigenvalue weighted by molar-refractivity contribution is 7.89. The third-order valence-electron chi connectivity index (χ3n) is 9.85. The third kappa shape index (κ3) is 8.15. The zero-order valence-corrected chi connectivity index (χ0v) is 27.5. The van der Waals surface area contributed by atoms with Gasteiger partial charge in [0.1, 0.15) is 17.7 Å². The molecule has 9 atom stereocenters. The van der Waals surface area contributed by atoms with Crippen LogP contribution in [0.2, 0.25) is 0 Å². The summed E-state index contributed by atoms with van der Waals surface area (Å²) < 4.78 is 67.8. The predicted octanol–water partition coefficient (Wildman–Crippen LogP) is 4.44. The highest BCUT2D eigenvalue weighted by Crippen LogP contribution is 2.40. The third-order valence-corrected chi connectivity index (χ3v) is 11.8. The molecular weight excluding hydrogens is 618 g/mol. The van der Waals surface area contributed by atoms with E-state index in [0.717, 1.165) is 6.42 Å². The minimum atomic E-state index is -3.42. The van der Waals surface area contributed by atoms with Gasteiger partial charge in [0, 0.05) is 36.4 Å². The number of ether oxygens (including phenoxy) is 2. The van der Waals surface area contributed by atoms with Crippen LogP contribution < -0.4 is 16.0 Å². The van der Waals surface area contributed by atoms with Crippen LogP contribution in [-0.4, -0.2) is 81.0 Å². The molecule has 0 saturated carbocycles. The van der Waals surface area contributed by atoms with E-state index in [-0.39, 0.29) is 65.4 Å². The van der Waals surface area contributed by atoms with Gasteiger partial charge >= 0.3 is 6.09 Å². The SMILES string of the molecule is COC(=O)N[C@H](C(=O)Nc1cccc(F)c1CC[C@H]1CN[C@@H]2CCCS(=O)(=O)N1C2)C(C1C=CC(F)=CC1)C1C[C@@H](C)O[C@@H](C)C1. The van der Waals surface area contributed by atoms with E-state index in [9.17, 15) is 22.4 Å². The number of fused-ring (bicyclic) bond motifs is 2. The van der Waals surface area contributed by atoms with Gasteiger partial charge < -0.3 is 25.4 Å². The number of allylic oxidation sites excluding steroid dienone is 4. The molecule has 2 bridgehead atoms. The van der Waals surface area contributed by atoms with Gasteiger partial charge in [-0.2, -0.15) is 4.31 Å². The smallest absolute Gasteiger partial charge is 0.407 e. The largest absolute Gasteiger partial charge is 0.453 e. The lowest BCUT2D eigenvalue weighted by atomic mass is 9.69. The van der Waals surface area contributed by atoms with Crippen LogP contribution in [0, 0.1) is 23.6 Å². The molecule has 13 heteroatoms. The first-order valence-electron chi connectivity index (χ1n) is 16.3. The minimum Gasteiger partial charge on any atom is -0.453 e. The Morgan fingerprint density at radius 1 is 1.20 bits per heavy atom. The molecule has 3 aliphatic heterocycles. The lowest BCUT2D eigenvalue weighted by molar-refractivity contribution is -0.122. The van der Waals surface area contributed by atoms with Crippen LogP contribution >= 0.6 is 0 Å². The first-order valence-corrected chi connectivity index (χ1v) is 17.9. The van der Waals surface area contributed by atoms with Crippen molar-refractivity contribution < 1.29 is 36.3 Å². The number of hydrogen-bond donors (Lipinski definition) is 3. The average molecular weight is 665 g/mol. The second-order valence-corrected chi connectivity index (χ2v) is 15.1. The number of carbonyl (C=O) groups is 2. The summed E-state index contributed by atoms with van der Waals surface area (Å²) in [5.74, 6) is -2.08. The van der Waals surface area contributed by atoms with Crippen LogP contribution in [-0.2, 0) is 30.7 Å². The maximum atomic E-state index is 15.4. The van der Waals surface area contributed by atoms with E-state index < -0.39 is 39.8 Å². The maximum Gasteiger partial charge on any atom is 0.407 e. The highest BCUT2D eigenvalue weighted by atomic mass is 32.2. The number of alkyl carbamates (subject to hydrolysis) is 1. The number of anilines is 1. The van der Waals surface area contributed by atoms with Crippen molar-refractivity contribution in [1.29, 1.82) is 0 Å². The van der Waals surface area contributed by atoms with Crippen molar-refractivity contribution in [2.24, 2.45) is 17.8 Å². The fraction of sp³-hybridized carbons (Fsp3) is 0.636. The van der Waals surface area contributed by atoms with Crippen LogP contribution in [0.5, 0.6) is 0 Å². The Hall–Kier alpha value is -2.87. The zero-order chi connectivity index (χ0) is 33.0. The summed E-state index contributed by atoms with van der Waals surface area (Å²) in [7, 11) is -2.20. The van der Waals surface area contributed by atoms with Crippen molar-refractivity contribution in [3.05, 3.63) is 53.6 Å².